The second-order valence-corrected chi connectivity index (χ2v) is 7.47. The molecule has 8 N–H and O–H groups in total. The summed E-state index contributed by atoms with van der Waals surface area (Å²) in [5.74, 6) is -0.129. The largest absolute Gasteiger partial charge is 0.394 e. The van der Waals surface area contributed by atoms with Crippen molar-refractivity contribution < 1.29 is 25.2 Å². The van der Waals surface area contributed by atoms with E-state index in [1.165, 1.54) is 12.7 Å². The van der Waals surface area contributed by atoms with Crippen molar-refractivity contribution in [2.24, 2.45) is 11.7 Å². The first-order valence-electron chi connectivity index (χ1n) is 9.60. The number of aromatic nitrogens is 2. The van der Waals surface area contributed by atoms with Crippen LogP contribution in [0, 0.1) is 5.92 Å². The summed E-state index contributed by atoms with van der Waals surface area (Å²) >= 11 is 0. The van der Waals surface area contributed by atoms with Crippen LogP contribution in [0.1, 0.15) is 44.2 Å². The lowest BCUT2D eigenvalue weighted by molar-refractivity contribution is -0.127. The van der Waals surface area contributed by atoms with Gasteiger partial charge in [-0.2, -0.15) is 0 Å². The van der Waals surface area contributed by atoms with Gasteiger partial charge >= 0.3 is 0 Å². The Morgan fingerprint density at radius 1 is 1.26 bits per heavy atom. The standard InChI is InChI=1S/C18H32N4O5/c19-13(7-12-8-20-10-21-12)18(27)22-14(6-11-4-2-1-3-5-11)16(25)17(26)15(24)9-23/h8,10-11,13-17,23-26H,1-7,9,19H2,(H,20,21)(H,22,27)/t13?,14-,15+,16+,17-/m0/s1. The summed E-state index contributed by atoms with van der Waals surface area (Å²) in [4.78, 5) is 19.3. The van der Waals surface area contributed by atoms with Crippen molar-refractivity contribution in [2.75, 3.05) is 6.61 Å². The second-order valence-electron chi connectivity index (χ2n) is 7.47. The van der Waals surface area contributed by atoms with Crippen molar-refractivity contribution >= 4 is 5.91 Å². The minimum atomic E-state index is -1.56. The van der Waals surface area contributed by atoms with Crippen molar-refractivity contribution in [1.82, 2.24) is 15.3 Å². The van der Waals surface area contributed by atoms with Crippen LogP contribution in [0.2, 0.25) is 0 Å². The maximum Gasteiger partial charge on any atom is 0.237 e. The van der Waals surface area contributed by atoms with Crippen molar-refractivity contribution in [3.05, 3.63) is 18.2 Å². The van der Waals surface area contributed by atoms with Gasteiger partial charge < -0.3 is 36.5 Å². The van der Waals surface area contributed by atoms with Gasteiger partial charge in [0.1, 0.15) is 18.3 Å². The maximum atomic E-state index is 12.5. The molecule has 1 unspecified atom stereocenters. The number of aromatic amines is 1. The Kier molecular flexibility index (Phi) is 8.65. The number of carbonyl (C=O) groups excluding carboxylic acids is 1. The predicted molar refractivity (Wildman–Crippen MR) is 98.5 cm³/mol. The first-order chi connectivity index (χ1) is 12.9. The highest BCUT2D eigenvalue weighted by Gasteiger charge is 2.34. The van der Waals surface area contributed by atoms with Crippen molar-refractivity contribution in [3.8, 4) is 0 Å². The Morgan fingerprint density at radius 3 is 2.56 bits per heavy atom. The van der Waals surface area contributed by atoms with Crippen LogP contribution < -0.4 is 11.1 Å². The second kappa shape index (κ2) is 10.7. The van der Waals surface area contributed by atoms with Crippen molar-refractivity contribution in [3.63, 3.8) is 0 Å². The van der Waals surface area contributed by atoms with Gasteiger partial charge in [-0.3, -0.25) is 4.79 Å². The third kappa shape index (κ3) is 6.54. The molecule has 0 radical (unpaired) electrons. The number of aliphatic hydroxyl groups excluding tert-OH is 4. The number of carbonyl (C=O) groups is 1. The molecule has 1 aliphatic carbocycles. The Bertz CT molecular complexity index is 550. The minimum Gasteiger partial charge on any atom is -0.394 e. The zero-order chi connectivity index (χ0) is 19.8. The van der Waals surface area contributed by atoms with E-state index in [2.05, 4.69) is 15.3 Å². The molecule has 1 amide bonds. The van der Waals surface area contributed by atoms with Gasteiger partial charge in [0.25, 0.3) is 0 Å². The van der Waals surface area contributed by atoms with Gasteiger partial charge in [-0.25, -0.2) is 4.98 Å². The van der Waals surface area contributed by atoms with Gasteiger partial charge in [-0.1, -0.05) is 32.1 Å². The van der Waals surface area contributed by atoms with Crippen LogP contribution in [0.4, 0.5) is 0 Å². The Morgan fingerprint density at radius 2 is 1.96 bits per heavy atom. The number of hydrogen-bond donors (Lipinski definition) is 7. The van der Waals surface area contributed by atoms with E-state index in [1.54, 1.807) is 6.20 Å². The van der Waals surface area contributed by atoms with Crippen LogP contribution in [0.3, 0.4) is 0 Å². The summed E-state index contributed by atoms with van der Waals surface area (Å²) < 4.78 is 0. The molecule has 9 heteroatoms. The van der Waals surface area contributed by atoms with E-state index >= 15 is 0 Å². The normalized spacial score (nSPS) is 21.2. The van der Waals surface area contributed by atoms with E-state index in [1.807, 2.05) is 0 Å². The van der Waals surface area contributed by atoms with Crippen LogP contribution in [-0.4, -0.2) is 73.3 Å². The molecule has 1 aromatic heterocycles. The third-order valence-corrected chi connectivity index (χ3v) is 5.31. The van der Waals surface area contributed by atoms with Gasteiger partial charge in [0.2, 0.25) is 5.91 Å². The van der Waals surface area contributed by atoms with Gasteiger partial charge in [-0.05, 0) is 12.3 Å². The fourth-order valence-corrected chi connectivity index (χ4v) is 3.66. The molecule has 0 spiro atoms. The Hall–Kier alpha value is -1.52. The number of imidazole rings is 1. The molecule has 0 saturated heterocycles. The van der Waals surface area contributed by atoms with Crippen LogP contribution in [0.5, 0.6) is 0 Å². The molecule has 1 saturated carbocycles. The van der Waals surface area contributed by atoms with E-state index in [-0.39, 0.29) is 6.42 Å². The first-order valence-corrected chi connectivity index (χ1v) is 9.60. The smallest absolute Gasteiger partial charge is 0.237 e. The summed E-state index contributed by atoms with van der Waals surface area (Å²) in [7, 11) is 0. The van der Waals surface area contributed by atoms with Gasteiger partial charge in [0, 0.05) is 18.3 Å². The van der Waals surface area contributed by atoms with Crippen molar-refractivity contribution in [2.45, 2.75) is 75.3 Å². The Balaban J connectivity index is 2.01. The first kappa shape index (κ1) is 21.8. The Labute approximate surface area is 159 Å². The van der Waals surface area contributed by atoms with Crippen LogP contribution >= 0.6 is 0 Å². The fraction of sp³-hybridized carbons (Fsp3) is 0.778. The molecule has 0 aromatic carbocycles. The summed E-state index contributed by atoms with van der Waals surface area (Å²) in [5, 5.41) is 42.0. The highest BCUT2D eigenvalue weighted by atomic mass is 16.4. The summed E-state index contributed by atoms with van der Waals surface area (Å²) in [6, 6.07) is -1.60. The summed E-state index contributed by atoms with van der Waals surface area (Å²) in [5.41, 5.74) is 6.68. The summed E-state index contributed by atoms with van der Waals surface area (Å²) in [6.45, 7) is -0.679. The van der Waals surface area contributed by atoms with E-state index in [4.69, 9.17) is 10.8 Å². The average Bonchev–Trinajstić information content (AvgIpc) is 3.19. The molecule has 0 bridgehead atoms. The van der Waals surface area contributed by atoms with E-state index in [0.717, 1.165) is 31.4 Å². The van der Waals surface area contributed by atoms with Crippen molar-refractivity contribution in [1.29, 1.82) is 0 Å². The highest BCUT2D eigenvalue weighted by molar-refractivity contribution is 5.82. The molecule has 1 heterocycles. The molecule has 27 heavy (non-hydrogen) atoms. The molecule has 0 aliphatic heterocycles. The van der Waals surface area contributed by atoms with Crippen LogP contribution in [0.25, 0.3) is 0 Å². The van der Waals surface area contributed by atoms with Crippen LogP contribution in [0.15, 0.2) is 12.5 Å². The number of H-pyrrole nitrogens is 1. The zero-order valence-electron chi connectivity index (χ0n) is 15.5. The lowest BCUT2D eigenvalue weighted by Gasteiger charge is -2.33. The molecule has 5 atom stereocenters. The molecule has 9 nitrogen and oxygen atoms in total. The number of nitrogens with zero attached hydrogens (tertiary/aromatic N) is 1. The zero-order valence-corrected chi connectivity index (χ0v) is 15.5. The topological polar surface area (TPSA) is 165 Å². The highest BCUT2D eigenvalue weighted by Crippen LogP contribution is 2.28. The number of amides is 1. The molecule has 154 valence electrons. The number of nitrogens with two attached hydrogens (primary N) is 1. The fourth-order valence-electron chi connectivity index (χ4n) is 3.66. The molecule has 1 aromatic rings. The van der Waals surface area contributed by atoms with E-state index in [0.29, 0.717) is 12.3 Å². The lowest BCUT2D eigenvalue weighted by Crippen LogP contribution is -2.56. The number of rotatable bonds is 10. The summed E-state index contributed by atoms with van der Waals surface area (Å²) in [6.07, 6.45) is 4.76. The predicted octanol–water partition coefficient (Wildman–Crippen LogP) is -1.19. The molecule has 2 rings (SSSR count). The third-order valence-electron chi connectivity index (χ3n) is 5.31. The van der Waals surface area contributed by atoms with Gasteiger partial charge in [0.15, 0.2) is 0 Å². The van der Waals surface area contributed by atoms with E-state index in [9.17, 15) is 20.1 Å². The molecular weight excluding hydrogens is 352 g/mol. The average molecular weight is 384 g/mol. The van der Waals surface area contributed by atoms with Crippen LogP contribution in [-0.2, 0) is 11.2 Å². The monoisotopic (exact) mass is 384 g/mol. The maximum absolute atomic E-state index is 12.5. The lowest BCUT2D eigenvalue weighted by atomic mass is 9.82. The molecule has 1 fully saturated rings. The van der Waals surface area contributed by atoms with Gasteiger partial charge in [-0.15, -0.1) is 0 Å². The van der Waals surface area contributed by atoms with Gasteiger partial charge in [0.05, 0.1) is 25.0 Å². The SMILES string of the molecule is NC(Cc1cnc[nH]1)C(=O)N[C@@H](CC1CCCCC1)[C@@H](O)[C@@H](O)[C@H](O)CO. The molecule has 1 aliphatic rings. The van der Waals surface area contributed by atoms with E-state index < -0.39 is 42.9 Å². The number of hydrogen-bond acceptors (Lipinski definition) is 7. The number of nitrogens with one attached hydrogen (secondary N) is 2. The minimum absolute atomic E-state index is 0.264. The number of aliphatic hydroxyl groups is 4. The molecular formula is C18H32N4O5. The quantitative estimate of drug-likeness (QED) is 0.266.